The van der Waals surface area contributed by atoms with E-state index in [2.05, 4.69) is 0 Å². The molecule has 9 heteroatoms. The van der Waals surface area contributed by atoms with Crippen molar-refractivity contribution in [2.45, 2.75) is 25.7 Å². The summed E-state index contributed by atoms with van der Waals surface area (Å²) in [6.45, 7) is 0. The standard InChI is InChI=1S/C48H32F4N2O3/c49-42-41(33-21-23-34(24-22-33)47(55)53-37-13-5-1-9-29(37)17-18-30-10-2-6-14-38(30)53)43(50)45(52)46(44(42)51)57-36-27-25-35(26-28-36)48(56)54-39-15-7-3-11-31(39)19-20-32-12-4-8-16-40(32)54/h1-16,21-28H,17-20H2. The summed E-state index contributed by atoms with van der Waals surface area (Å²) in [6, 6.07) is 41.2. The van der Waals surface area contributed by atoms with Crippen LogP contribution in [0.4, 0.5) is 40.3 Å². The average Bonchev–Trinajstić information content (AvgIpc) is 3.53. The third-order valence-electron chi connectivity index (χ3n) is 10.6. The Balaban J connectivity index is 0.981. The van der Waals surface area contributed by atoms with Gasteiger partial charge in [0.1, 0.15) is 5.75 Å². The first-order chi connectivity index (χ1) is 27.8. The first-order valence-electron chi connectivity index (χ1n) is 18.5. The third kappa shape index (κ3) is 6.31. The summed E-state index contributed by atoms with van der Waals surface area (Å²) in [5, 5.41) is 0. The lowest BCUT2D eigenvalue weighted by Crippen LogP contribution is -2.26. The van der Waals surface area contributed by atoms with Crippen LogP contribution in [0.3, 0.4) is 0 Å². The normalized spacial score (nSPS) is 13.1. The number of carbonyl (C=O) groups excluding carboxylic acids is 2. The molecule has 2 heterocycles. The molecule has 0 N–H and O–H groups in total. The monoisotopic (exact) mass is 760 g/mol. The number of halogens is 4. The largest absolute Gasteiger partial charge is 0.451 e. The molecule has 0 spiro atoms. The van der Waals surface area contributed by atoms with Gasteiger partial charge in [0.05, 0.1) is 28.3 Å². The summed E-state index contributed by atoms with van der Waals surface area (Å²) in [5.41, 5.74) is 6.29. The summed E-state index contributed by atoms with van der Waals surface area (Å²) in [5.74, 6) is -8.93. The maximum absolute atomic E-state index is 15.7. The molecule has 0 atom stereocenters. The number of aryl methyl sites for hydroxylation is 4. The van der Waals surface area contributed by atoms with E-state index in [0.29, 0.717) is 0 Å². The number of para-hydroxylation sites is 4. The fourth-order valence-corrected chi connectivity index (χ4v) is 7.77. The van der Waals surface area contributed by atoms with E-state index in [4.69, 9.17) is 4.74 Å². The van der Waals surface area contributed by atoms with Gasteiger partial charge in [-0.25, -0.2) is 8.78 Å². The number of carbonyl (C=O) groups is 2. The molecule has 0 aliphatic carbocycles. The van der Waals surface area contributed by atoms with E-state index in [-0.39, 0.29) is 34.3 Å². The number of rotatable bonds is 5. The molecule has 0 fully saturated rings. The second-order valence-corrected chi connectivity index (χ2v) is 14.0. The first kappa shape index (κ1) is 35.7. The Hall–Kier alpha value is -7.00. The highest BCUT2D eigenvalue weighted by Crippen LogP contribution is 2.41. The molecule has 9 rings (SSSR count). The molecule has 0 unspecified atom stereocenters. The van der Waals surface area contributed by atoms with E-state index in [1.807, 2.05) is 97.1 Å². The van der Waals surface area contributed by atoms with Crippen LogP contribution in [0, 0.1) is 23.3 Å². The number of hydrogen-bond acceptors (Lipinski definition) is 3. The number of benzene rings is 7. The molecule has 0 bridgehead atoms. The third-order valence-corrected chi connectivity index (χ3v) is 10.6. The van der Waals surface area contributed by atoms with Crippen molar-refractivity contribution in [2.75, 3.05) is 9.80 Å². The highest BCUT2D eigenvalue weighted by molar-refractivity contribution is 6.13. The Morgan fingerprint density at radius 1 is 0.421 bits per heavy atom. The first-order valence-corrected chi connectivity index (χ1v) is 18.5. The molecule has 0 radical (unpaired) electrons. The van der Waals surface area contributed by atoms with Crippen LogP contribution in [-0.2, 0) is 25.7 Å². The molecular formula is C48H32F4N2O3. The van der Waals surface area contributed by atoms with Gasteiger partial charge < -0.3 is 4.74 Å². The lowest BCUT2D eigenvalue weighted by atomic mass is 10.0. The van der Waals surface area contributed by atoms with E-state index in [1.54, 1.807) is 9.80 Å². The van der Waals surface area contributed by atoms with Crippen LogP contribution in [0.15, 0.2) is 146 Å². The zero-order valence-electron chi connectivity index (χ0n) is 30.3. The van der Waals surface area contributed by atoms with Gasteiger partial charge in [-0.1, -0.05) is 84.9 Å². The molecule has 0 saturated carbocycles. The van der Waals surface area contributed by atoms with Gasteiger partial charge in [0.25, 0.3) is 11.8 Å². The summed E-state index contributed by atoms with van der Waals surface area (Å²) in [7, 11) is 0. The quantitative estimate of drug-likeness (QED) is 0.130. The van der Waals surface area contributed by atoms with Crippen molar-refractivity contribution in [1.82, 2.24) is 0 Å². The summed E-state index contributed by atoms with van der Waals surface area (Å²) in [6.07, 6.45) is 2.97. The summed E-state index contributed by atoms with van der Waals surface area (Å²) in [4.78, 5) is 31.3. The van der Waals surface area contributed by atoms with E-state index in [0.717, 1.165) is 70.7 Å². The van der Waals surface area contributed by atoms with E-state index in [9.17, 15) is 9.59 Å². The van der Waals surface area contributed by atoms with Crippen LogP contribution in [0.25, 0.3) is 11.1 Å². The smallest absolute Gasteiger partial charge is 0.262 e. The van der Waals surface area contributed by atoms with Gasteiger partial charge in [-0.2, -0.15) is 8.78 Å². The van der Waals surface area contributed by atoms with E-state index < -0.39 is 34.6 Å². The Bertz CT molecular complexity index is 2590. The Labute approximate surface area is 326 Å². The van der Waals surface area contributed by atoms with Crippen molar-refractivity contribution >= 4 is 34.6 Å². The Morgan fingerprint density at radius 3 is 1.12 bits per heavy atom. The fraction of sp³-hybridized carbons (Fsp3) is 0.0833. The Morgan fingerprint density at radius 2 is 0.754 bits per heavy atom. The van der Waals surface area contributed by atoms with Gasteiger partial charge in [-0.05, 0) is 114 Å². The summed E-state index contributed by atoms with van der Waals surface area (Å²) >= 11 is 0. The predicted octanol–water partition coefficient (Wildman–Crippen LogP) is 11.9. The molecule has 7 aromatic rings. The second kappa shape index (κ2) is 14.6. The Kier molecular flexibility index (Phi) is 9.13. The highest BCUT2D eigenvalue weighted by atomic mass is 19.2. The minimum atomic E-state index is -1.74. The van der Waals surface area contributed by atoms with Crippen molar-refractivity contribution in [3.05, 3.63) is 202 Å². The molecule has 0 saturated heterocycles. The molecule has 280 valence electrons. The van der Waals surface area contributed by atoms with Crippen LogP contribution in [-0.4, -0.2) is 11.8 Å². The number of nitrogens with zero attached hydrogens (tertiary/aromatic N) is 2. The minimum Gasteiger partial charge on any atom is -0.451 e. The molecule has 0 aromatic heterocycles. The zero-order valence-corrected chi connectivity index (χ0v) is 30.3. The SMILES string of the molecule is O=C(c1ccc(Oc2c(F)c(F)c(-c3ccc(C(=O)N4c5ccccc5CCc5ccccc54)cc3)c(F)c2F)cc1)N1c2ccccc2CCc2ccccc21. The van der Waals surface area contributed by atoms with Crippen LogP contribution in [0.2, 0.25) is 0 Å². The maximum atomic E-state index is 15.7. The van der Waals surface area contributed by atoms with Crippen LogP contribution in [0.5, 0.6) is 11.5 Å². The van der Waals surface area contributed by atoms with Crippen molar-refractivity contribution < 1.29 is 31.9 Å². The fourth-order valence-electron chi connectivity index (χ4n) is 7.77. The second-order valence-electron chi connectivity index (χ2n) is 14.0. The summed E-state index contributed by atoms with van der Waals surface area (Å²) < 4.78 is 67.9. The van der Waals surface area contributed by atoms with E-state index >= 15 is 17.6 Å². The maximum Gasteiger partial charge on any atom is 0.262 e. The lowest BCUT2D eigenvalue weighted by Gasteiger charge is -2.25. The van der Waals surface area contributed by atoms with E-state index in [1.165, 1.54) is 48.5 Å². The zero-order chi connectivity index (χ0) is 39.2. The number of fused-ring (bicyclic) bond motifs is 4. The molecular weight excluding hydrogens is 729 g/mol. The van der Waals surface area contributed by atoms with Gasteiger partial charge in [0.2, 0.25) is 17.4 Å². The number of hydrogen-bond donors (Lipinski definition) is 0. The molecule has 2 aliphatic heterocycles. The van der Waals surface area contributed by atoms with Gasteiger partial charge >= 0.3 is 0 Å². The number of amides is 2. The average molecular weight is 761 g/mol. The van der Waals surface area contributed by atoms with Crippen LogP contribution >= 0.6 is 0 Å². The van der Waals surface area contributed by atoms with Crippen molar-refractivity contribution in [3.8, 4) is 22.6 Å². The molecule has 7 aromatic carbocycles. The topological polar surface area (TPSA) is 49.9 Å². The number of ether oxygens (including phenoxy) is 1. The molecule has 5 nitrogen and oxygen atoms in total. The van der Waals surface area contributed by atoms with Crippen LogP contribution < -0.4 is 14.5 Å². The van der Waals surface area contributed by atoms with Crippen LogP contribution in [0.1, 0.15) is 43.0 Å². The van der Waals surface area contributed by atoms with Gasteiger partial charge in [-0.15, -0.1) is 0 Å². The van der Waals surface area contributed by atoms with Gasteiger partial charge in [0, 0.05) is 11.1 Å². The highest BCUT2D eigenvalue weighted by Gasteiger charge is 2.31. The van der Waals surface area contributed by atoms with Crippen molar-refractivity contribution in [3.63, 3.8) is 0 Å². The lowest BCUT2D eigenvalue weighted by molar-refractivity contribution is 0.0991. The van der Waals surface area contributed by atoms with Crippen molar-refractivity contribution in [2.24, 2.45) is 0 Å². The molecule has 2 aliphatic rings. The minimum absolute atomic E-state index is 0.146. The predicted molar refractivity (Wildman–Crippen MR) is 212 cm³/mol. The molecule has 2 amide bonds. The number of anilines is 4. The molecule has 57 heavy (non-hydrogen) atoms. The van der Waals surface area contributed by atoms with Gasteiger partial charge in [-0.3, -0.25) is 19.4 Å². The van der Waals surface area contributed by atoms with Gasteiger partial charge in [0.15, 0.2) is 11.6 Å². The van der Waals surface area contributed by atoms with Crippen molar-refractivity contribution in [1.29, 1.82) is 0 Å².